The summed E-state index contributed by atoms with van der Waals surface area (Å²) in [6.45, 7) is 1.88. The molecule has 2 aromatic rings. The van der Waals surface area contributed by atoms with E-state index in [1.54, 1.807) is 18.2 Å². The predicted molar refractivity (Wildman–Crippen MR) is 65.9 cm³/mol. The number of hydrogen-bond acceptors (Lipinski definition) is 4. The molecule has 5 heteroatoms. The number of benzene rings is 1. The Kier molecular flexibility index (Phi) is 3.05. The van der Waals surface area contributed by atoms with Crippen LogP contribution >= 0.6 is 15.9 Å². The first-order valence-electron chi connectivity index (χ1n) is 4.71. The van der Waals surface area contributed by atoms with Gasteiger partial charge >= 0.3 is 0 Å². The number of hydrogen-bond donors (Lipinski definition) is 2. The van der Waals surface area contributed by atoms with Crippen molar-refractivity contribution < 1.29 is 5.11 Å². The Morgan fingerprint density at radius 2 is 2.00 bits per heavy atom. The van der Waals surface area contributed by atoms with E-state index in [9.17, 15) is 5.11 Å². The summed E-state index contributed by atoms with van der Waals surface area (Å²) < 4.78 is 0.706. The van der Waals surface area contributed by atoms with E-state index in [0.29, 0.717) is 16.2 Å². The quantitative estimate of drug-likeness (QED) is 0.656. The van der Waals surface area contributed by atoms with Gasteiger partial charge in [0.25, 0.3) is 0 Å². The molecule has 0 aliphatic carbocycles. The zero-order valence-corrected chi connectivity index (χ0v) is 10.2. The number of nitrogens with zero attached hydrogens (tertiary/aromatic N) is 2. The molecule has 1 aromatic heterocycles. The van der Waals surface area contributed by atoms with Crippen molar-refractivity contribution in [3.63, 3.8) is 0 Å². The Hall–Kier alpha value is -1.62. The molecule has 0 atom stereocenters. The third kappa shape index (κ3) is 2.49. The van der Waals surface area contributed by atoms with E-state index >= 15 is 0 Å². The van der Waals surface area contributed by atoms with E-state index in [1.165, 1.54) is 0 Å². The molecule has 2 rings (SSSR count). The van der Waals surface area contributed by atoms with Gasteiger partial charge in [0.2, 0.25) is 5.95 Å². The lowest BCUT2D eigenvalue weighted by atomic mass is 10.3. The highest BCUT2D eigenvalue weighted by molar-refractivity contribution is 9.10. The second-order valence-electron chi connectivity index (χ2n) is 3.30. The fourth-order valence-electron chi connectivity index (χ4n) is 1.29. The van der Waals surface area contributed by atoms with Crippen molar-refractivity contribution in [2.75, 3.05) is 5.32 Å². The molecule has 0 saturated carbocycles. The van der Waals surface area contributed by atoms with Gasteiger partial charge in [-0.05, 0) is 41.1 Å². The highest BCUT2D eigenvalue weighted by Crippen LogP contribution is 2.24. The van der Waals surface area contributed by atoms with Crippen molar-refractivity contribution in [1.82, 2.24) is 9.97 Å². The lowest BCUT2D eigenvalue weighted by Crippen LogP contribution is -1.98. The molecule has 0 bridgehead atoms. The van der Waals surface area contributed by atoms with E-state index in [1.807, 2.05) is 19.1 Å². The minimum Gasteiger partial charge on any atom is -0.506 e. The molecule has 82 valence electrons. The maximum atomic E-state index is 9.58. The van der Waals surface area contributed by atoms with Crippen LogP contribution < -0.4 is 5.32 Å². The molecule has 0 spiro atoms. The molecule has 0 aliphatic heterocycles. The summed E-state index contributed by atoms with van der Waals surface area (Å²) in [5, 5.41) is 12.5. The summed E-state index contributed by atoms with van der Waals surface area (Å²) in [4.78, 5) is 8.36. The van der Waals surface area contributed by atoms with Gasteiger partial charge in [-0.1, -0.05) is 12.1 Å². The second-order valence-corrected chi connectivity index (χ2v) is 4.11. The van der Waals surface area contributed by atoms with E-state index in [4.69, 9.17) is 0 Å². The number of phenolic OH excluding ortho intramolecular Hbond substituents is 1. The van der Waals surface area contributed by atoms with Gasteiger partial charge in [-0.2, -0.15) is 0 Å². The summed E-state index contributed by atoms with van der Waals surface area (Å²) in [6.07, 6.45) is 0. The molecular weight excluding hydrogens is 270 g/mol. The van der Waals surface area contributed by atoms with E-state index in [0.717, 1.165) is 5.69 Å². The standard InChI is InChI=1S/C11H10BrN3O/c1-7-6-10(12)15-11(13-7)14-8-4-2-3-5-9(8)16/h2-6,16H,1H3,(H,13,14,15). The minimum atomic E-state index is 0.170. The lowest BCUT2D eigenvalue weighted by Gasteiger charge is -2.07. The summed E-state index contributed by atoms with van der Waals surface area (Å²) in [7, 11) is 0. The summed E-state index contributed by atoms with van der Waals surface area (Å²) >= 11 is 3.29. The van der Waals surface area contributed by atoms with Gasteiger partial charge in [-0.15, -0.1) is 0 Å². The molecule has 2 N–H and O–H groups in total. The van der Waals surface area contributed by atoms with Crippen LogP contribution in [0.5, 0.6) is 5.75 Å². The van der Waals surface area contributed by atoms with Gasteiger partial charge in [0.15, 0.2) is 0 Å². The van der Waals surface area contributed by atoms with Gasteiger partial charge in [-0.25, -0.2) is 9.97 Å². The SMILES string of the molecule is Cc1cc(Br)nc(Nc2ccccc2O)n1. The zero-order chi connectivity index (χ0) is 11.5. The van der Waals surface area contributed by atoms with Crippen LogP contribution in [0.25, 0.3) is 0 Å². The van der Waals surface area contributed by atoms with Crippen LogP contribution in [0.15, 0.2) is 34.9 Å². The monoisotopic (exact) mass is 279 g/mol. The molecule has 0 aliphatic rings. The van der Waals surface area contributed by atoms with Crippen molar-refractivity contribution in [3.05, 3.63) is 40.6 Å². The number of nitrogens with one attached hydrogen (secondary N) is 1. The van der Waals surface area contributed by atoms with Crippen LogP contribution in [0.2, 0.25) is 0 Å². The Labute approximate surface area is 102 Å². The molecule has 0 amide bonds. The zero-order valence-electron chi connectivity index (χ0n) is 8.61. The first-order chi connectivity index (χ1) is 7.65. The maximum absolute atomic E-state index is 9.58. The third-order valence-corrected chi connectivity index (χ3v) is 2.38. The summed E-state index contributed by atoms with van der Waals surface area (Å²) in [5.74, 6) is 0.622. The van der Waals surface area contributed by atoms with Crippen LogP contribution in [0, 0.1) is 6.92 Å². The van der Waals surface area contributed by atoms with Crippen LogP contribution in [0.3, 0.4) is 0 Å². The van der Waals surface area contributed by atoms with E-state index < -0.39 is 0 Å². The fourth-order valence-corrected chi connectivity index (χ4v) is 1.79. The van der Waals surface area contributed by atoms with Gasteiger partial charge in [0, 0.05) is 5.69 Å². The fraction of sp³-hybridized carbons (Fsp3) is 0.0909. The van der Waals surface area contributed by atoms with Crippen molar-refractivity contribution in [3.8, 4) is 5.75 Å². The molecule has 1 heterocycles. The Bertz CT molecular complexity index is 496. The number of halogens is 1. The normalized spacial score (nSPS) is 10.1. The number of para-hydroxylation sites is 2. The van der Waals surface area contributed by atoms with Gasteiger partial charge in [0.05, 0.1) is 5.69 Å². The molecular formula is C11H10BrN3O. The minimum absolute atomic E-state index is 0.170. The third-order valence-electron chi connectivity index (χ3n) is 1.97. The van der Waals surface area contributed by atoms with Gasteiger partial charge in [0.1, 0.15) is 10.4 Å². The van der Waals surface area contributed by atoms with Gasteiger partial charge in [-0.3, -0.25) is 0 Å². The van der Waals surface area contributed by atoms with Crippen molar-refractivity contribution in [2.24, 2.45) is 0 Å². The lowest BCUT2D eigenvalue weighted by molar-refractivity contribution is 0.477. The average molecular weight is 280 g/mol. The smallest absolute Gasteiger partial charge is 0.228 e. The topological polar surface area (TPSA) is 58.0 Å². The molecule has 4 nitrogen and oxygen atoms in total. The molecule has 16 heavy (non-hydrogen) atoms. The van der Waals surface area contributed by atoms with Crippen molar-refractivity contribution in [2.45, 2.75) is 6.92 Å². The Morgan fingerprint density at radius 1 is 1.25 bits per heavy atom. The number of aromatic nitrogens is 2. The van der Waals surface area contributed by atoms with Crippen LogP contribution in [0.4, 0.5) is 11.6 Å². The largest absolute Gasteiger partial charge is 0.506 e. The Morgan fingerprint density at radius 3 is 2.69 bits per heavy atom. The molecule has 1 aromatic carbocycles. The first kappa shape index (κ1) is 10.9. The van der Waals surface area contributed by atoms with Crippen molar-refractivity contribution in [1.29, 1.82) is 0 Å². The molecule has 0 radical (unpaired) electrons. The molecule has 0 unspecified atom stereocenters. The Balaban J connectivity index is 2.30. The number of phenols is 1. The first-order valence-corrected chi connectivity index (χ1v) is 5.50. The maximum Gasteiger partial charge on any atom is 0.228 e. The number of aromatic hydroxyl groups is 1. The van der Waals surface area contributed by atoms with E-state index in [-0.39, 0.29) is 5.75 Å². The van der Waals surface area contributed by atoms with Crippen LogP contribution in [-0.2, 0) is 0 Å². The average Bonchev–Trinajstić information content (AvgIpc) is 2.20. The molecule has 0 fully saturated rings. The highest BCUT2D eigenvalue weighted by atomic mass is 79.9. The summed E-state index contributed by atoms with van der Waals surface area (Å²) in [6, 6.07) is 8.76. The highest BCUT2D eigenvalue weighted by Gasteiger charge is 2.03. The second kappa shape index (κ2) is 4.49. The number of rotatable bonds is 2. The van der Waals surface area contributed by atoms with Crippen molar-refractivity contribution >= 4 is 27.6 Å². The van der Waals surface area contributed by atoms with Crippen LogP contribution in [-0.4, -0.2) is 15.1 Å². The molecule has 0 saturated heterocycles. The predicted octanol–water partition coefficient (Wildman–Crippen LogP) is 3.00. The van der Waals surface area contributed by atoms with Crippen LogP contribution in [0.1, 0.15) is 5.69 Å². The van der Waals surface area contributed by atoms with E-state index in [2.05, 4.69) is 31.2 Å². The number of anilines is 2. The summed E-state index contributed by atoms with van der Waals surface area (Å²) in [5.41, 5.74) is 1.43. The van der Waals surface area contributed by atoms with Gasteiger partial charge < -0.3 is 10.4 Å². The number of aryl methyl sites for hydroxylation is 1.